The van der Waals surface area contributed by atoms with E-state index >= 15 is 0 Å². The van der Waals surface area contributed by atoms with Crippen LogP contribution in [0.5, 0.6) is 5.75 Å². The molecule has 0 heterocycles. The largest absolute Gasteiger partial charge is 0.496 e. The summed E-state index contributed by atoms with van der Waals surface area (Å²) in [5.74, 6) is 0.885. The Balaban J connectivity index is 3.23. The molecule has 2 nitrogen and oxygen atoms in total. The van der Waals surface area contributed by atoms with Gasteiger partial charge >= 0.3 is 0 Å². The molecule has 1 aromatic rings. The van der Waals surface area contributed by atoms with E-state index in [1.807, 2.05) is 25.2 Å². The van der Waals surface area contributed by atoms with E-state index < -0.39 is 0 Å². The standard InChI is InChI=1S/C14H22ClNO/c1-6-14(2,3)13(16-4)11-9-10(15)7-8-12(11)17-5/h7-9,13,16H,6H2,1-5H3. The molecule has 1 rings (SSSR count). The smallest absolute Gasteiger partial charge is 0.123 e. The van der Waals surface area contributed by atoms with Crippen molar-refractivity contribution in [1.82, 2.24) is 5.32 Å². The molecule has 0 amide bonds. The number of methoxy groups -OCH3 is 1. The van der Waals surface area contributed by atoms with Crippen molar-refractivity contribution in [3.05, 3.63) is 28.8 Å². The quantitative estimate of drug-likeness (QED) is 0.857. The summed E-state index contributed by atoms with van der Waals surface area (Å²) >= 11 is 6.08. The fourth-order valence-corrected chi connectivity index (χ4v) is 2.28. The lowest BCUT2D eigenvalue weighted by molar-refractivity contribution is 0.239. The lowest BCUT2D eigenvalue weighted by atomic mass is 9.78. The molecule has 0 spiro atoms. The number of hydrogen-bond acceptors (Lipinski definition) is 2. The Labute approximate surface area is 109 Å². The summed E-state index contributed by atoms with van der Waals surface area (Å²) in [6.45, 7) is 6.68. The second-order valence-corrected chi connectivity index (χ2v) is 5.39. The van der Waals surface area contributed by atoms with Crippen LogP contribution in [-0.2, 0) is 0 Å². The maximum Gasteiger partial charge on any atom is 0.123 e. The first-order chi connectivity index (χ1) is 7.96. The van der Waals surface area contributed by atoms with Crippen molar-refractivity contribution in [3.8, 4) is 5.75 Å². The van der Waals surface area contributed by atoms with Gasteiger partial charge in [0.2, 0.25) is 0 Å². The van der Waals surface area contributed by atoms with E-state index in [4.69, 9.17) is 16.3 Å². The Bertz CT molecular complexity index is 376. The topological polar surface area (TPSA) is 21.3 Å². The van der Waals surface area contributed by atoms with Gasteiger partial charge in [-0.25, -0.2) is 0 Å². The third-order valence-corrected chi connectivity index (χ3v) is 3.72. The van der Waals surface area contributed by atoms with E-state index in [1.165, 1.54) is 0 Å². The zero-order chi connectivity index (χ0) is 13.1. The van der Waals surface area contributed by atoms with Gasteiger partial charge in [0.25, 0.3) is 0 Å². The van der Waals surface area contributed by atoms with Crippen molar-refractivity contribution in [3.63, 3.8) is 0 Å². The van der Waals surface area contributed by atoms with Crippen LogP contribution in [-0.4, -0.2) is 14.2 Å². The molecule has 1 unspecified atom stereocenters. The highest BCUT2D eigenvalue weighted by molar-refractivity contribution is 6.30. The number of rotatable bonds is 5. The van der Waals surface area contributed by atoms with Crippen LogP contribution >= 0.6 is 11.6 Å². The first-order valence-electron chi connectivity index (χ1n) is 5.97. The maximum absolute atomic E-state index is 6.08. The predicted octanol–water partition coefficient (Wildman–Crippen LogP) is 4.05. The van der Waals surface area contributed by atoms with Crippen LogP contribution in [0.4, 0.5) is 0 Å². The third kappa shape index (κ3) is 3.14. The van der Waals surface area contributed by atoms with E-state index in [-0.39, 0.29) is 11.5 Å². The van der Waals surface area contributed by atoms with E-state index in [9.17, 15) is 0 Å². The molecule has 0 aromatic heterocycles. The summed E-state index contributed by atoms with van der Waals surface area (Å²) in [5.41, 5.74) is 1.27. The lowest BCUT2D eigenvalue weighted by Crippen LogP contribution is -2.31. The Hall–Kier alpha value is -0.730. The van der Waals surface area contributed by atoms with Gasteiger partial charge in [-0.15, -0.1) is 0 Å². The summed E-state index contributed by atoms with van der Waals surface area (Å²) in [6, 6.07) is 5.99. The minimum Gasteiger partial charge on any atom is -0.496 e. The zero-order valence-electron chi connectivity index (χ0n) is 11.3. The molecule has 1 N–H and O–H groups in total. The molecule has 96 valence electrons. The van der Waals surface area contributed by atoms with Gasteiger partial charge in [0.1, 0.15) is 5.75 Å². The second kappa shape index (κ2) is 5.74. The normalized spacial score (nSPS) is 13.5. The van der Waals surface area contributed by atoms with Crippen LogP contribution in [0.25, 0.3) is 0 Å². The van der Waals surface area contributed by atoms with Gasteiger partial charge in [0.15, 0.2) is 0 Å². The minimum absolute atomic E-state index is 0.146. The molecule has 0 aliphatic rings. The molecule has 0 aliphatic heterocycles. The zero-order valence-corrected chi connectivity index (χ0v) is 12.1. The van der Waals surface area contributed by atoms with Gasteiger partial charge in [-0.1, -0.05) is 32.4 Å². The third-order valence-electron chi connectivity index (χ3n) is 3.48. The van der Waals surface area contributed by atoms with Crippen LogP contribution in [0.3, 0.4) is 0 Å². The molecule has 0 fully saturated rings. The van der Waals surface area contributed by atoms with Crippen molar-refractivity contribution in [2.75, 3.05) is 14.2 Å². The van der Waals surface area contributed by atoms with Crippen LogP contribution < -0.4 is 10.1 Å². The van der Waals surface area contributed by atoms with Gasteiger partial charge in [-0.2, -0.15) is 0 Å². The maximum atomic E-state index is 6.08. The fourth-order valence-electron chi connectivity index (χ4n) is 2.10. The van der Waals surface area contributed by atoms with Crippen LogP contribution in [0.15, 0.2) is 18.2 Å². The molecule has 17 heavy (non-hydrogen) atoms. The van der Waals surface area contributed by atoms with Gasteiger partial charge in [-0.05, 0) is 37.1 Å². The summed E-state index contributed by atoms with van der Waals surface area (Å²) < 4.78 is 5.42. The van der Waals surface area contributed by atoms with Crippen LogP contribution in [0, 0.1) is 5.41 Å². The van der Waals surface area contributed by atoms with E-state index in [2.05, 4.69) is 26.1 Å². The number of hydrogen-bond donors (Lipinski definition) is 1. The first kappa shape index (κ1) is 14.3. The van der Waals surface area contributed by atoms with Gasteiger partial charge < -0.3 is 10.1 Å². The predicted molar refractivity (Wildman–Crippen MR) is 73.9 cm³/mol. The fraction of sp³-hybridized carbons (Fsp3) is 0.571. The van der Waals surface area contributed by atoms with Crippen molar-refractivity contribution in [2.45, 2.75) is 33.2 Å². The highest BCUT2D eigenvalue weighted by atomic mass is 35.5. The molecule has 0 saturated heterocycles. The molecular weight excluding hydrogens is 234 g/mol. The Morgan fingerprint density at radius 2 is 2.06 bits per heavy atom. The van der Waals surface area contributed by atoms with Crippen molar-refractivity contribution in [1.29, 1.82) is 0 Å². The Kier molecular flexibility index (Phi) is 4.84. The van der Waals surface area contributed by atoms with E-state index in [0.717, 1.165) is 22.8 Å². The average Bonchev–Trinajstić information content (AvgIpc) is 2.30. The van der Waals surface area contributed by atoms with Crippen molar-refractivity contribution in [2.24, 2.45) is 5.41 Å². The van der Waals surface area contributed by atoms with Gasteiger partial charge in [0, 0.05) is 16.6 Å². The van der Waals surface area contributed by atoms with E-state index in [1.54, 1.807) is 7.11 Å². The lowest BCUT2D eigenvalue weighted by Gasteiger charge is -2.34. The summed E-state index contributed by atoms with van der Waals surface area (Å²) in [5, 5.41) is 4.12. The SMILES string of the molecule is CCC(C)(C)C(NC)c1cc(Cl)ccc1OC. The van der Waals surface area contributed by atoms with Gasteiger partial charge in [0.05, 0.1) is 7.11 Å². The minimum atomic E-state index is 0.146. The molecule has 0 radical (unpaired) electrons. The molecule has 1 aromatic carbocycles. The van der Waals surface area contributed by atoms with Gasteiger partial charge in [-0.3, -0.25) is 0 Å². The molecule has 1 atom stereocenters. The molecular formula is C14H22ClNO. The average molecular weight is 256 g/mol. The summed E-state index contributed by atoms with van der Waals surface area (Å²) in [4.78, 5) is 0. The molecule has 0 saturated carbocycles. The number of ether oxygens (including phenoxy) is 1. The molecule has 3 heteroatoms. The highest BCUT2D eigenvalue weighted by Gasteiger charge is 2.30. The highest BCUT2D eigenvalue weighted by Crippen LogP contribution is 2.40. The summed E-state index contributed by atoms with van der Waals surface area (Å²) in [6.07, 6.45) is 1.08. The van der Waals surface area contributed by atoms with Crippen molar-refractivity contribution >= 4 is 11.6 Å². The van der Waals surface area contributed by atoms with Crippen LogP contribution in [0.2, 0.25) is 5.02 Å². The van der Waals surface area contributed by atoms with E-state index in [0.29, 0.717) is 0 Å². The monoisotopic (exact) mass is 255 g/mol. The number of halogens is 1. The Morgan fingerprint density at radius 1 is 1.41 bits per heavy atom. The van der Waals surface area contributed by atoms with Crippen molar-refractivity contribution < 1.29 is 4.74 Å². The summed E-state index contributed by atoms with van der Waals surface area (Å²) in [7, 11) is 3.67. The molecule has 0 aliphatic carbocycles. The second-order valence-electron chi connectivity index (χ2n) is 4.95. The number of benzene rings is 1. The first-order valence-corrected chi connectivity index (χ1v) is 6.34. The molecule has 0 bridgehead atoms. The Morgan fingerprint density at radius 3 is 2.53 bits per heavy atom. The number of nitrogens with one attached hydrogen (secondary N) is 1. The van der Waals surface area contributed by atoms with Crippen LogP contribution in [0.1, 0.15) is 38.8 Å².